The van der Waals surface area contributed by atoms with Crippen LogP contribution in [0.15, 0.2) is 22.9 Å². The molecule has 0 radical (unpaired) electrons. The zero-order chi connectivity index (χ0) is 15.9. The molecule has 0 aromatic carbocycles. The van der Waals surface area contributed by atoms with E-state index in [4.69, 9.17) is 16.2 Å². The molecule has 22 heavy (non-hydrogen) atoms. The van der Waals surface area contributed by atoms with E-state index in [1.165, 1.54) is 0 Å². The van der Waals surface area contributed by atoms with Gasteiger partial charge in [0.25, 0.3) is 0 Å². The molecule has 0 spiro atoms. The number of ether oxygens (including phenoxy) is 1. The van der Waals surface area contributed by atoms with E-state index < -0.39 is 12.0 Å². The first-order chi connectivity index (χ1) is 10.6. The molecule has 0 aromatic rings. The molecule has 5 heteroatoms. The first-order valence-electron chi connectivity index (χ1n) is 7.58. The number of fused-ring (bicyclic) bond motifs is 2. The Hall–Kier alpha value is -2.06. The molecule has 3 unspecified atom stereocenters. The summed E-state index contributed by atoms with van der Waals surface area (Å²) in [5.74, 6) is 2.07. The zero-order valence-electron chi connectivity index (χ0n) is 12.6. The third-order valence-corrected chi connectivity index (χ3v) is 5.05. The van der Waals surface area contributed by atoms with Crippen molar-refractivity contribution in [1.82, 2.24) is 0 Å². The van der Waals surface area contributed by atoms with Crippen LogP contribution >= 0.6 is 0 Å². The van der Waals surface area contributed by atoms with E-state index >= 15 is 0 Å². The highest BCUT2D eigenvalue weighted by atomic mass is 16.5. The van der Waals surface area contributed by atoms with Gasteiger partial charge >= 0.3 is 0 Å². The van der Waals surface area contributed by atoms with E-state index in [0.717, 1.165) is 18.4 Å². The van der Waals surface area contributed by atoms with E-state index in [0.29, 0.717) is 24.1 Å². The predicted molar refractivity (Wildman–Crippen MR) is 81.0 cm³/mol. The Morgan fingerprint density at radius 2 is 1.86 bits per heavy atom. The summed E-state index contributed by atoms with van der Waals surface area (Å²) in [6, 6.07) is 2.35. The minimum absolute atomic E-state index is 0.000263. The Balaban J connectivity index is 2.03. The molecule has 0 aromatic heterocycles. The number of rotatable bonds is 2. The molecule has 116 valence electrons. The Morgan fingerprint density at radius 1 is 1.23 bits per heavy atom. The van der Waals surface area contributed by atoms with Gasteiger partial charge in [-0.2, -0.15) is 0 Å². The largest absolute Gasteiger partial charge is 0.399 e. The van der Waals surface area contributed by atoms with Gasteiger partial charge in [-0.05, 0) is 36.8 Å². The van der Waals surface area contributed by atoms with Crippen molar-refractivity contribution in [2.45, 2.75) is 31.8 Å². The summed E-state index contributed by atoms with van der Waals surface area (Å²) < 4.78 is 5.50. The van der Waals surface area contributed by atoms with Gasteiger partial charge in [-0.1, -0.05) is 0 Å². The molecule has 0 aliphatic heterocycles. The molecule has 0 amide bonds. The van der Waals surface area contributed by atoms with E-state index in [1.54, 1.807) is 13.2 Å². The van der Waals surface area contributed by atoms with E-state index in [2.05, 4.69) is 12.0 Å². The summed E-state index contributed by atoms with van der Waals surface area (Å²) >= 11 is 0. The zero-order valence-corrected chi connectivity index (χ0v) is 12.6. The molecule has 0 saturated heterocycles. The summed E-state index contributed by atoms with van der Waals surface area (Å²) in [5, 5.41) is 0. The fraction of sp³-hybridized carbons (Fsp3) is 0.529. The Bertz CT molecular complexity index is 629. The molecule has 0 heterocycles. The van der Waals surface area contributed by atoms with Crippen molar-refractivity contribution in [2.75, 3.05) is 7.11 Å². The van der Waals surface area contributed by atoms with Gasteiger partial charge < -0.3 is 16.2 Å². The first kappa shape index (κ1) is 14.9. The minimum atomic E-state index is -0.736. The average Bonchev–Trinajstić information content (AvgIpc) is 2.94. The van der Waals surface area contributed by atoms with Gasteiger partial charge in [0.1, 0.15) is 5.92 Å². The summed E-state index contributed by atoms with van der Waals surface area (Å²) in [6.45, 7) is 0. The molecule has 3 atom stereocenters. The number of hydrogen-bond acceptors (Lipinski definition) is 5. The standard InChI is InChI=1S/C17H20N2O3/c1-22-13-7-9(4-5-18)6-12(19)14(13)15-16(20)10-2-3-11(8-10)17(15)21/h6,10-11,13,15H,2-3,7-8,18-19H2,1H3. The van der Waals surface area contributed by atoms with Crippen molar-refractivity contribution < 1.29 is 14.3 Å². The molecular formula is C17H20N2O3. The number of hydrogen-bond donors (Lipinski definition) is 2. The number of carbonyl (C=O) groups is 2. The van der Waals surface area contributed by atoms with Crippen LogP contribution in [0.5, 0.6) is 0 Å². The lowest BCUT2D eigenvalue weighted by Crippen LogP contribution is -2.42. The van der Waals surface area contributed by atoms with Crippen LogP contribution in [0.1, 0.15) is 25.7 Å². The maximum atomic E-state index is 12.7. The van der Waals surface area contributed by atoms with Crippen LogP contribution in [0.25, 0.3) is 0 Å². The van der Waals surface area contributed by atoms with Gasteiger partial charge in [-0.3, -0.25) is 9.59 Å². The summed E-state index contributed by atoms with van der Waals surface area (Å²) in [7, 11) is 1.56. The number of methoxy groups -OCH3 is 1. The van der Waals surface area contributed by atoms with Crippen molar-refractivity contribution >= 4 is 11.6 Å². The molecule has 3 rings (SSSR count). The van der Waals surface area contributed by atoms with Gasteiger partial charge in [0.05, 0.1) is 6.10 Å². The highest BCUT2D eigenvalue weighted by Gasteiger charge is 2.50. The van der Waals surface area contributed by atoms with Crippen molar-refractivity contribution in [2.24, 2.45) is 29.2 Å². The number of nitrogens with two attached hydrogens (primary N) is 2. The van der Waals surface area contributed by atoms with Gasteiger partial charge in [-0.15, -0.1) is 0 Å². The summed E-state index contributed by atoms with van der Waals surface area (Å²) in [4.78, 5) is 25.3. The summed E-state index contributed by atoms with van der Waals surface area (Å²) in [5.41, 5.74) is 13.2. The maximum absolute atomic E-state index is 12.7. The number of Topliss-reactive ketones (excluding diaryl/α,β-unsaturated/α-hetero) is 2. The maximum Gasteiger partial charge on any atom is 0.150 e. The van der Waals surface area contributed by atoms with Crippen LogP contribution in [-0.2, 0) is 14.3 Å². The topological polar surface area (TPSA) is 95.4 Å². The van der Waals surface area contributed by atoms with Gasteiger partial charge in [0.2, 0.25) is 0 Å². The van der Waals surface area contributed by atoms with E-state index in [1.807, 2.05) is 0 Å². The Morgan fingerprint density at radius 3 is 2.41 bits per heavy atom. The fourth-order valence-electron chi connectivity index (χ4n) is 3.98. The van der Waals surface area contributed by atoms with Crippen molar-refractivity contribution in [1.29, 1.82) is 0 Å². The Labute approximate surface area is 129 Å². The normalized spacial score (nSPS) is 34.3. The second-order valence-electron chi connectivity index (χ2n) is 6.22. The lowest BCUT2D eigenvalue weighted by molar-refractivity contribution is -0.138. The lowest BCUT2D eigenvalue weighted by Gasteiger charge is -2.33. The third-order valence-electron chi connectivity index (χ3n) is 5.05. The van der Waals surface area contributed by atoms with E-state index in [-0.39, 0.29) is 23.4 Å². The third kappa shape index (κ3) is 2.24. The van der Waals surface area contributed by atoms with Crippen molar-refractivity contribution in [3.63, 3.8) is 0 Å². The minimum Gasteiger partial charge on any atom is -0.399 e. The smallest absolute Gasteiger partial charge is 0.150 e. The highest BCUT2D eigenvalue weighted by Crippen LogP contribution is 2.44. The quantitative estimate of drug-likeness (QED) is 0.443. The fourth-order valence-corrected chi connectivity index (χ4v) is 3.98. The predicted octanol–water partition coefficient (Wildman–Crippen LogP) is 0.648. The second kappa shape index (κ2) is 5.62. The number of allylic oxidation sites excluding steroid dienone is 1. The van der Waals surface area contributed by atoms with Crippen LogP contribution in [-0.4, -0.2) is 24.8 Å². The molecule has 2 fully saturated rings. The average molecular weight is 300 g/mol. The van der Waals surface area contributed by atoms with Crippen molar-refractivity contribution in [3.05, 3.63) is 22.9 Å². The SMILES string of the molecule is COC1CC(C#CN)=CC(N)=C1C1C(=O)C2CCC(C2)C1=O. The van der Waals surface area contributed by atoms with Crippen LogP contribution in [0.4, 0.5) is 0 Å². The Kier molecular flexibility index (Phi) is 3.79. The lowest BCUT2D eigenvalue weighted by atomic mass is 9.71. The summed E-state index contributed by atoms with van der Waals surface area (Å²) in [6.07, 6.45) is 4.15. The van der Waals surface area contributed by atoms with Crippen LogP contribution in [0.3, 0.4) is 0 Å². The monoisotopic (exact) mass is 300 g/mol. The van der Waals surface area contributed by atoms with Crippen molar-refractivity contribution in [3.8, 4) is 12.0 Å². The number of carbonyl (C=O) groups excluding carboxylic acids is 2. The molecule has 5 nitrogen and oxygen atoms in total. The molecule has 3 aliphatic rings. The number of ketones is 2. The van der Waals surface area contributed by atoms with Gasteiger partial charge in [0.15, 0.2) is 11.6 Å². The van der Waals surface area contributed by atoms with Gasteiger partial charge in [0, 0.05) is 42.7 Å². The second-order valence-corrected chi connectivity index (χ2v) is 6.22. The van der Waals surface area contributed by atoms with Crippen LogP contribution < -0.4 is 11.5 Å². The molecule has 4 N–H and O–H groups in total. The molecule has 2 saturated carbocycles. The van der Waals surface area contributed by atoms with Crippen LogP contribution in [0.2, 0.25) is 0 Å². The first-order valence-corrected chi connectivity index (χ1v) is 7.58. The molecule has 3 aliphatic carbocycles. The van der Waals surface area contributed by atoms with E-state index in [9.17, 15) is 9.59 Å². The highest BCUT2D eigenvalue weighted by molar-refractivity contribution is 6.10. The molecular weight excluding hydrogens is 280 g/mol. The van der Waals surface area contributed by atoms with Gasteiger partial charge in [-0.25, -0.2) is 0 Å². The molecule has 2 bridgehead atoms. The van der Waals surface area contributed by atoms with Crippen LogP contribution in [0, 0.1) is 29.7 Å².